The Morgan fingerprint density at radius 3 is 3.06 bits per heavy atom. The average Bonchev–Trinajstić information content (AvgIpc) is 2.88. The number of aryl methyl sites for hydroxylation is 1. The van der Waals surface area contributed by atoms with E-state index in [1.165, 1.54) is 17.6 Å². The van der Waals surface area contributed by atoms with Gasteiger partial charge in [0.2, 0.25) is 5.13 Å². The Bertz CT molecular complexity index is 523. The quantitative estimate of drug-likeness (QED) is 0.941. The van der Waals surface area contributed by atoms with Crippen LogP contribution < -0.4 is 5.32 Å². The van der Waals surface area contributed by atoms with E-state index in [-0.39, 0.29) is 5.91 Å². The summed E-state index contributed by atoms with van der Waals surface area (Å²) in [5, 5.41) is 12.0. The number of nitrogens with one attached hydrogen (secondary N) is 1. The number of aromatic nitrogens is 2. The zero-order valence-electron chi connectivity index (χ0n) is 9.07. The van der Waals surface area contributed by atoms with Crippen molar-refractivity contribution in [2.45, 2.75) is 19.8 Å². The van der Waals surface area contributed by atoms with E-state index in [0.717, 1.165) is 17.8 Å². The number of carbonyl (C=O) groups is 1. The van der Waals surface area contributed by atoms with Crippen molar-refractivity contribution in [1.29, 1.82) is 0 Å². The van der Waals surface area contributed by atoms with Gasteiger partial charge < -0.3 is 4.42 Å². The summed E-state index contributed by atoms with van der Waals surface area (Å²) in [5.74, 6) is -0.259. The minimum Gasteiger partial charge on any atom is -0.457 e. The van der Waals surface area contributed by atoms with Crippen LogP contribution in [0.25, 0.3) is 0 Å². The van der Waals surface area contributed by atoms with Crippen LogP contribution in [0.1, 0.15) is 28.7 Å². The van der Waals surface area contributed by atoms with E-state index >= 15 is 0 Å². The number of hydrogen-bond donors (Lipinski definition) is 1. The minimum atomic E-state index is -0.259. The van der Waals surface area contributed by atoms with Crippen LogP contribution in [0.15, 0.2) is 21.4 Å². The largest absolute Gasteiger partial charge is 0.457 e. The maximum Gasteiger partial charge on any atom is 0.261 e. The molecule has 90 valence electrons. The first-order valence-electron chi connectivity index (χ1n) is 5.07. The standard InChI is InChI=1S/C10H10BrN3O2S/c1-2-3-7-13-14-10(17-7)12-9(15)6-4-5-16-8(6)11/h4-5H,2-3H2,1H3,(H,12,14,15). The first kappa shape index (κ1) is 12.3. The van der Waals surface area contributed by atoms with Gasteiger partial charge in [0.1, 0.15) is 5.01 Å². The van der Waals surface area contributed by atoms with Gasteiger partial charge in [0.25, 0.3) is 5.91 Å². The number of anilines is 1. The second-order valence-corrected chi connectivity index (χ2v) is 5.10. The Morgan fingerprint density at radius 1 is 1.59 bits per heavy atom. The molecule has 7 heteroatoms. The van der Waals surface area contributed by atoms with Gasteiger partial charge in [0, 0.05) is 6.42 Å². The first-order chi connectivity index (χ1) is 8.20. The molecule has 0 saturated carbocycles. The van der Waals surface area contributed by atoms with Crippen molar-refractivity contribution in [2.24, 2.45) is 0 Å². The van der Waals surface area contributed by atoms with Crippen molar-refractivity contribution in [3.63, 3.8) is 0 Å². The summed E-state index contributed by atoms with van der Waals surface area (Å²) in [4.78, 5) is 11.8. The smallest absolute Gasteiger partial charge is 0.261 e. The zero-order valence-corrected chi connectivity index (χ0v) is 11.5. The van der Waals surface area contributed by atoms with Gasteiger partial charge in [0.05, 0.1) is 11.8 Å². The Hall–Kier alpha value is -1.21. The molecule has 2 heterocycles. The first-order valence-corrected chi connectivity index (χ1v) is 6.68. The van der Waals surface area contributed by atoms with E-state index in [2.05, 4.69) is 38.4 Å². The summed E-state index contributed by atoms with van der Waals surface area (Å²) in [5.41, 5.74) is 0.442. The monoisotopic (exact) mass is 315 g/mol. The van der Waals surface area contributed by atoms with E-state index < -0.39 is 0 Å². The van der Waals surface area contributed by atoms with Gasteiger partial charge in [0.15, 0.2) is 4.67 Å². The highest BCUT2D eigenvalue weighted by atomic mass is 79.9. The number of rotatable bonds is 4. The summed E-state index contributed by atoms with van der Waals surface area (Å²) < 4.78 is 5.40. The number of carbonyl (C=O) groups excluding carboxylic acids is 1. The van der Waals surface area contributed by atoms with Crippen molar-refractivity contribution in [1.82, 2.24) is 10.2 Å². The highest BCUT2D eigenvalue weighted by Crippen LogP contribution is 2.21. The molecule has 0 aromatic carbocycles. The van der Waals surface area contributed by atoms with Gasteiger partial charge in [-0.1, -0.05) is 18.3 Å². The van der Waals surface area contributed by atoms with Crippen molar-refractivity contribution < 1.29 is 9.21 Å². The molecule has 2 aromatic heterocycles. The van der Waals surface area contributed by atoms with Crippen molar-refractivity contribution in [3.05, 3.63) is 27.6 Å². The molecule has 0 aliphatic heterocycles. The predicted octanol–water partition coefficient (Wildman–Crippen LogP) is 3.10. The van der Waals surface area contributed by atoms with Gasteiger partial charge >= 0.3 is 0 Å². The molecule has 0 radical (unpaired) electrons. The SMILES string of the molecule is CCCc1nnc(NC(=O)c2ccoc2Br)s1. The van der Waals surface area contributed by atoms with Crippen LogP contribution in [0.4, 0.5) is 5.13 Å². The molecule has 0 saturated heterocycles. The Kier molecular flexibility index (Phi) is 3.90. The van der Waals surface area contributed by atoms with Crippen LogP contribution in [0.5, 0.6) is 0 Å². The maximum atomic E-state index is 11.8. The average molecular weight is 316 g/mol. The second-order valence-electron chi connectivity index (χ2n) is 3.31. The fraction of sp³-hybridized carbons (Fsp3) is 0.300. The summed E-state index contributed by atoms with van der Waals surface area (Å²) in [6.45, 7) is 2.07. The fourth-order valence-electron chi connectivity index (χ4n) is 1.24. The van der Waals surface area contributed by atoms with Crippen molar-refractivity contribution in [2.75, 3.05) is 5.32 Å². The van der Waals surface area contributed by atoms with Gasteiger partial charge in [-0.05, 0) is 28.4 Å². The molecule has 0 atom stereocenters. The molecule has 0 bridgehead atoms. The number of furan rings is 1. The molecule has 0 spiro atoms. The van der Waals surface area contributed by atoms with Crippen LogP contribution in [0.2, 0.25) is 0 Å². The Labute approximate surface area is 110 Å². The van der Waals surface area contributed by atoms with Crippen molar-refractivity contribution in [3.8, 4) is 0 Å². The third kappa shape index (κ3) is 2.92. The van der Waals surface area contributed by atoms with Gasteiger partial charge in [-0.3, -0.25) is 10.1 Å². The Morgan fingerprint density at radius 2 is 2.41 bits per heavy atom. The zero-order chi connectivity index (χ0) is 12.3. The fourth-order valence-corrected chi connectivity index (χ4v) is 2.50. The van der Waals surface area contributed by atoms with Crippen molar-refractivity contribution >= 4 is 38.3 Å². The molecule has 0 aliphatic rings. The summed E-state index contributed by atoms with van der Waals surface area (Å²) in [6, 6.07) is 1.59. The van der Waals surface area contributed by atoms with Gasteiger partial charge in [-0.25, -0.2) is 0 Å². The molecule has 1 amide bonds. The van der Waals surface area contributed by atoms with Crippen LogP contribution in [-0.2, 0) is 6.42 Å². The third-order valence-corrected chi connectivity index (χ3v) is 3.53. The number of nitrogens with zero attached hydrogens (tertiary/aromatic N) is 2. The highest BCUT2D eigenvalue weighted by molar-refractivity contribution is 9.10. The molecule has 0 aliphatic carbocycles. The normalized spacial score (nSPS) is 10.5. The van der Waals surface area contributed by atoms with Gasteiger partial charge in [-0.15, -0.1) is 10.2 Å². The third-order valence-electron chi connectivity index (χ3n) is 2.01. The number of amides is 1. The topological polar surface area (TPSA) is 68.0 Å². The summed E-state index contributed by atoms with van der Waals surface area (Å²) >= 11 is 4.54. The molecule has 0 fully saturated rings. The lowest BCUT2D eigenvalue weighted by molar-refractivity contribution is 0.102. The molecule has 5 nitrogen and oxygen atoms in total. The highest BCUT2D eigenvalue weighted by Gasteiger charge is 2.14. The van der Waals surface area contributed by atoms with E-state index in [1.807, 2.05) is 0 Å². The lowest BCUT2D eigenvalue weighted by Gasteiger charge is -1.97. The summed E-state index contributed by atoms with van der Waals surface area (Å²) in [6.07, 6.45) is 3.33. The molecule has 17 heavy (non-hydrogen) atoms. The molecule has 2 rings (SSSR count). The van der Waals surface area contributed by atoms with E-state index in [4.69, 9.17) is 4.42 Å². The predicted molar refractivity (Wildman–Crippen MR) is 68.3 cm³/mol. The lowest BCUT2D eigenvalue weighted by atomic mass is 10.3. The van der Waals surface area contributed by atoms with E-state index in [1.54, 1.807) is 6.07 Å². The van der Waals surface area contributed by atoms with Crippen LogP contribution in [0, 0.1) is 0 Å². The number of halogens is 1. The molecular weight excluding hydrogens is 306 g/mol. The Balaban J connectivity index is 2.05. The molecule has 1 N–H and O–H groups in total. The molecular formula is C10H10BrN3O2S. The van der Waals surface area contributed by atoms with Crippen LogP contribution in [0.3, 0.4) is 0 Å². The second kappa shape index (κ2) is 5.42. The number of hydrogen-bond acceptors (Lipinski definition) is 5. The van der Waals surface area contributed by atoms with E-state index in [9.17, 15) is 4.79 Å². The van der Waals surface area contributed by atoms with Crippen LogP contribution in [-0.4, -0.2) is 16.1 Å². The summed E-state index contributed by atoms with van der Waals surface area (Å²) in [7, 11) is 0. The van der Waals surface area contributed by atoms with Crippen LogP contribution >= 0.6 is 27.3 Å². The molecule has 2 aromatic rings. The van der Waals surface area contributed by atoms with Gasteiger partial charge in [-0.2, -0.15) is 0 Å². The minimum absolute atomic E-state index is 0.259. The van der Waals surface area contributed by atoms with E-state index in [0.29, 0.717) is 15.4 Å². The molecule has 0 unspecified atom stereocenters. The lowest BCUT2D eigenvalue weighted by Crippen LogP contribution is -2.11. The maximum absolute atomic E-state index is 11.8.